The van der Waals surface area contributed by atoms with Crippen LogP contribution < -0.4 is 0 Å². The van der Waals surface area contributed by atoms with Crippen LogP contribution in [-0.2, 0) is 9.16 Å². The van der Waals surface area contributed by atoms with E-state index in [0.717, 1.165) is 6.42 Å². The summed E-state index contributed by atoms with van der Waals surface area (Å²) >= 11 is 0. The Hall–Kier alpha value is -0.238. The van der Waals surface area contributed by atoms with Gasteiger partial charge in [-0.1, -0.05) is 40.5 Å². The highest BCUT2D eigenvalue weighted by Gasteiger charge is 2.52. The summed E-state index contributed by atoms with van der Waals surface area (Å²) in [6.07, 6.45) is 6.67. The van der Waals surface area contributed by atoms with E-state index in [2.05, 4.69) is 61.5 Å². The lowest BCUT2D eigenvalue weighted by atomic mass is 9.82. The second kappa shape index (κ2) is 5.27. The monoisotopic (exact) mass is 280 g/mol. The van der Waals surface area contributed by atoms with Crippen LogP contribution in [0.25, 0.3) is 0 Å². The number of hydrogen-bond donors (Lipinski definition) is 0. The summed E-state index contributed by atoms with van der Waals surface area (Å²) < 4.78 is 12.7. The molecule has 108 valence electrons. The standard InChI is InChI=1S/C15H29BO2Si/c1-9-15(10-2)11(3)12(13(16)17-15)18-19(7,8)14(4,5)6/h1,11-13H,10,16H2,2-8H3/t11-,12+,13+,15+/m0/s1. The fourth-order valence-corrected chi connectivity index (χ4v) is 4.00. The van der Waals surface area contributed by atoms with Gasteiger partial charge in [0.15, 0.2) is 8.32 Å². The molecule has 0 aromatic rings. The normalized spacial score (nSPS) is 36.2. The molecule has 0 aromatic heterocycles. The van der Waals surface area contributed by atoms with Gasteiger partial charge in [-0.15, -0.1) is 6.42 Å². The minimum Gasteiger partial charge on any atom is -0.412 e. The highest BCUT2D eigenvalue weighted by Crippen LogP contribution is 2.44. The number of rotatable bonds is 3. The summed E-state index contributed by atoms with van der Waals surface area (Å²) in [6, 6.07) is 0.0696. The van der Waals surface area contributed by atoms with Crippen molar-refractivity contribution in [2.45, 2.75) is 76.9 Å². The van der Waals surface area contributed by atoms with Gasteiger partial charge in [0.2, 0.25) is 0 Å². The van der Waals surface area contributed by atoms with E-state index in [-0.39, 0.29) is 23.1 Å². The topological polar surface area (TPSA) is 18.5 Å². The molecule has 0 bridgehead atoms. The van der Waals surface area contributed by atoms with Gasteiger partial charge < -0.3 is 9.16 Å². The summed E-state index contributed by atoms with van der Waals surface area (Å²) in [6.45, 7) is 15.6. The predicted octanol–water partition coefficient (Wildman–Crippen LogP) is 2.78. The van der Waals surface area contributed by atoms with E-state index in [1.807, 2.05) is 0 Å². The van der Waals surface area contributed by atoms with Crippen LogP contribution in [0.2, 0.25) is 18.1 Å². The van der Waals surface area contributed by atoms with E-state index in [9.17, 15) is 0 Å². The van der Waals surface area contributed by atoms with Crippen molar-refractivity contribution >= 4 is 16.2 Å². The zero-order chi connectivity index (χ0) is 15.1. The maximum absolute atomic E-state index is 6.57. The van der Waals surface area contributed by atoms with Gasteiger partial charge in [0.25, 0.3) is 0 Å². The molecule has 1 aliphatic heterocycles. The molecule has 1 aliphatic rings. The number of terminal acetylenes is 1. The molecule has 19 heavy (non-hydrogen) atoms. The second-order valence-electron chi connectivity index (χ2n) is 7.34. The van der Waals surface area contributed by atoms with Crippen molar-refractivity contribution in [3.63, 3.8) is 0 Å². The molecule has 0 spiro atoms. The predicted molar refractivity (Wildman–Crippen MR) is 86.5 cm³/mol. The molecule has 1 rings (SSSR count). The molecule has 1 heterocycles. The van der Waals surface area contributed by atoms with Gasteiger partial charge in [0.05, 0.1) is 12.1 Å². The Morgan fingerprint density at radius 2 is 1.95 bits per heavy atom. The first kappa shape index (κ1) is 16.8. The average molecular weight is 280 g/mol. The average Bonchev–Trinajstić information content (AvgIpc) is 2.52. The summed E-state index contributed by atoms with van der Waals surface area (Å²) in [5.74, 6) is 3.12. The molecule has 4 heteroatoms. The SMILES string of the molecule is B[C@@H]1O[C@](C#C)(CC)[C@@H](C)[C@H]1O[Si](C)(C)C(C)(C)C. The van der Waals surface area contributed by atoms with Gasteiger partial charge in [0.1, 0.15) is 13.4 Å². The molecule has 1 saturated heterocycles. The van der Waals surface area contributed by atoms with E-state index in [1.54, 1.807) is 0 Å². The number of ether oxygens (including phenoxy) is 1. The fourth-order valence-electron chi connectivity index (χ4n) is 2.57. The molecule has 0 aliphatic carbocycles. The third-order valence-corrected chi connectivity index (χ3v) is 9.57. The van der Waals surface area contributed by atoms with Crippen LogP contribution in [0.15, 0.2) is 0 Å². The third-order valence-electron chi connectivity index (χ3n) is 5.09. The molecule has 0 amide bonds. The lowest BCUT2D eigenvalue weighted by Gasteiger charge is -2.40. The Kier molecular flexibility index (Phi) is 4.67. The van der Waals surface area contributed by atoms with Crippen molar-refractivity contribution in [2.75, 3.05) is 0 Å². The first-order valence-electron chi connectivity index (χ1n) is 7.34. The van der Waals surface area contributed by atoms with Crippen molar-refractivity contribution < 1.29 is 9.16 Å². The third kappa shape index (κ3) is 2.94. The van der Waals surface area contributed by atoms with Crippen molar-refractivity contribution in [3.8, 4) is 12.3 Å². The molecule has 0 aromatic carbocycles. The molecule has 2 nitrogen and oxygen atoms in total. The first-order valence-corrected chi connectivity index (χ1v) is 10.2. The largest absolute Gasteiger partial charge is 0.412 e. The minimum atomic E-state index is -1.79. The van der Waals surface area contributed by atoms with Gasteiger partial charge in [-0.2, -0.15) is 0 Å². The number of hydrogen-bond acceptors (Lipinski definition) is 2. The summed E-state index contributed by atoms with van der Waals surface area (Å²) in [5, 5.41) is 0.208. The van der Waals surface area contributed by atoms with E-state index < -0.39 is 13.9 Å². The maximum Gasteiger partial charge on any atom is 0.192 e. The smallest absolute Gasteiger partial charge is 0.192 e. The van der Waals surface area contributed by atoms with Gasteiger partial charge in [-0.05, 0) is 24.6 Å². The van der Waals surface area contributed by atoms with Crippen LogP contribution in [0.5, 0.6) is 0 Å². The van der Waals surface area contributed by atoms with Gasteiger partial charge in [-0.25, -0.2) is 0 Å². The Morgan fingerprint density at radius 3 is 2.26 bits per heavy atom. The highest BCUT2D eigenvalue weighted by molar-refractivity contribution is 6.74. The van der Waals surface area contributed by atoms with Crippen LogP contribution in [0, 0.1) is 18.3 Å². The Morgan fingerprint density at radius 1 is 1.42 bits per heavy atom. The van der Waals surface area contributed by atoms with Gasteiger partial charge >= 0.3 is 0 Å². The molecule has 1 fully saturated rings. The molecule has 0 radical (unpaired) electrons. The zero-order valence-corrected chi connectivity index (χ0v) is 14.8. The quantitative estimate of drug-likeness (QED) is 0.584. The van der Waals surface area contributed by atoms with E-state index in [1.165, 1.54) is 0 Å². The van der Waals surface area contributed by atoms with Crippen LogP contribution >= 0.6 is 0 Å². The highest BCUT2D eigenvalue weighted by atomic mass is 28.4. The van der Waals surface area contributed by atoms with E-state index in [4.69, 9.17) is 15.6 Å². The zero-order valence-electron chi connectivity index (χ0n) is 13.8. The van der Waals surface area contributed by atoms with Crippen LogP contribution in [-0.4, -0.2) is 33.9 Å². The maximum atomic E-state index is 6.57. The van der Waals surface area contributed by atoms with E-state index in [0.29, 0.717) is 0 Å². The van der Waals surface area contributed by atoms with Crippen molar-refractivity contribution in [3.05, 3.63) is 0 Å². The molecule has 0 saturated carbocycles. The van der Waals surface area contributed by atoms with Gasteiger partial charge in [-0.3, -0.25) is 0 Å². The summed E-state index contributed by atoms with van der Waals surface area (Å²) in [7, 11) is 0.296. The van der Waals surface area contributed by atoms with Crippen molar-refractivity contribution in [1.82, 2.24) is 0 Å². The van der Waals surface area contributed by atoms with Crippen LogP contribution in [0.4, 0.5) is 0 Å². The molecular weight excluding hydrogens is 251 g/mol. The Labute approximate surface area is 121 Å². The van der Waals surface area contributed by atoms with E-state index >= 15 is 0 Å². The lowest BCUT2D eigenvalue weighted by molar-refractivity contribution is 0.0117. The summed E-state index contributed by atoms with van der Waals surface area (Å²) in [5.41, 5.74) is -0.452. The van der Waals surface area contributed by atoms with Crippen LogP contribution in [0.3, 0.4) is 0 Å². The Balaban J connectivity index is 2.96. The fraction of sp³-hybridized carbons (Fsp3) is 0.867. The molecule has 0 unspecified atom stereocenters. The molecular formula is C15H29BO2Si. The lowest BCUT2D eigenvalue weighted by Crippen LogP contribution is -2.48. The second-order valence-corrected chi connectivity index (χ2v) is 12.1. The van der Waals surface area contributed by atoms with Crippen molar-refractivity contribution in [2.24, 2.45) is 5.92 Å². The minimum absolute atomic E-state index is 0.0696. The summed E-state index contributed by atoms with van der Waals surface area (Å²) in [4.78, 5) is 0. The van der Waals surface area contributed by atoms with Gasteiger partial charge in [0, 0.05) is 5.92 Å². The van der Waals surface area contributed by atoms with Crippen molar-refractivity contribution in [1.29, 1.82) is 0 Å². The first-order chi connectivity index (χ1) is 8.50. The molecule has 0 N–H and O–H groups in total. The molecule has 4 atom stereocenters. The van der Waals surface area contributed by atoms with Crippen LogP contribution in [0.1, 0.15) is 41.0 Å². The Bertz CT molecular complexity index is 369.